The van der Waals surface area contributed by atoms with E-state index in [1.165, 1.54) is 7.11 Å². The summed E-state index contributed by atoms with van der Waals surface area (Å²) in [6.45, 7) is 0.242. The van der Waals surface area contributed by atoms with Crippen molar-refractivity contribution in [3.8, 4) is 17.2 Å². The highest BCUT2D eigenvalue weighted by molar-refractivity contribution is 5.79. The maximum Gasteiger partial charge on any atom is 0.324 e. The molecule has 1 aromatic carbocycles. The molecule has 3 N–H and O–H groups in total. The lowest BCUT2D eigenvalue weighted by molar-refractivity contribution is -0.143. The van der Waals surface area contributed by atoms with E-state index in [0.29, 0.717) is 22.8 Å². The maximum absolute atomic E-state index is 11.3. The minimum Gasteiger partial charge on any atom is -0.496 e. The summed E-state index contributed by atoms with van der Waals surface area (Å²) >= 11 is 0. The molecule has 0 radical (unpaired) electrons. The molecule has 0 saturated carbocycles. The average molecular weight is 267 g/mol. The Labute approximate surface area is 111 Å². The first-order valence-corrected chi connectivity index (χ1v) is 5.90. The summed E-state index contributed by atoms with van der Waals surface area (Å²) in [7, 11) is 3.06. The van der Waals surface area contributed by atoms with E-state index in [2.05, 4.69) is 0 Å². The molecule has 1 unspecified atom stereocenters. The van der Waals surface area contributed by atoms with E-state index in [1.807, 2.05) is 0 Å². The molecule has 1 aliphatic heterocycles. The molecule has 0 amide bonds. The molecule has 0 aromatic heterocycles. The molecule has 1 aliphatic rings. The SMILES string of the molecule is COc1cc(OC)c2c(c1)OCCC(N)(C(=O)O)C2. The van der Waals surface area contributed by atoms with Crippen LogP contribution in [0.2, 0.25) is 0 Å². The van der Waals surface area contributed by atoms with Gasteiger partial charge in [0.15, 0.2) is 0 Å². The normalized spacial score (nSPS) is 21.8. The number of ether oxygens (including phenoxy) is 3. The molecule has 0 bridgehead atoms. The Morgan fingerprint density at radius 1 is 1.42 bits per heavy atom. The highest BCUT2D eigenvalue weighted by Crippen LogP contribution is 2.38. The van der Waals surface area contributed by atoms with Crippen molar-refractivity contribution in [3.63, 3.8) is 0 Å². The number of hydrogen-bond donors (Lipinski definition) is 2. The monoisotopic (exact) mass is 267 g/mol. The number of methoxy groups -OCH3 is 2. The summed E-state index contributed by atoms with van der Waals surface area (Å²) < 4.78 is 16.0. The number of carboxylic acid groups (broad SMARTS) is 1. The number of carboxylic acids is 1. The lowest BCUT2D eigenvalue weighted by Gasteiger charge is -2.22. The number of nitrogens with two attached hydrogens (primary N) is 1. The largest absolute Gasteiger partial charge is 0.496 e. The van der Waals surface area contributed by atoms with Crippen LogP contribution < -0.4 is 19.9 Å². The van der Waals surface area contributed by atoms with Crippen LogP contribution in [0.1, 0.15) is 12.0 Å². The number of hydrogen-bond acceptors (Lipinski definition) is 5. The van der Waals surface area contributed by atoms with Crippen LogP contribution in [0.15, 0.2) is 12.1 Å². The zero-order valence-corrected chi connectivity index (χ0v) is 10.9. The number of benzene rings is 1. The first-order valence-electron chi connectivity index (χ1n) is 5.90. The van der Waals surface area contributed by atoms with Crippen molar-refractivity contribution in [2.24, 2.45) is 5.73 Å². The third-order valence-electron chi connectivity index (χ3n) is 3.32. The van der Waals surface area contributed by atoms with E-state index in [1.54, 1.807) is 19.2 Å². The topological polar surface area (TPSA) is 91.0 Å². The van der Waals surface area contributed by atoms with Crippen molar-refractivity contribution in [1.82, 2.24) is 0 Å². The zero-order chi connectivity index (χ0) is 14.0. The van der Waals surface area contributed by atoms with Gasteiger partial charge < -0.3 is 25.1 Å². The molecule has 1 atom stereocenters. The summed E-state index contributed by atoms with van der Waals surface area (Å²) in [6.07, 6.45) is 0.396. The lowest BCUT2D eigenvalue weighted by atomic mass is 9.89. The first-order chi connectivity index (χ1) is 9.00. The molecule has 1 aromatic rings. The second kappa shape index (κ2) is 4.97. The predicted molar refractivity (Wildman–Crippen MR) is 67.9 cm³/mol. The Balaban J connectivity index is 2.50. The van der Waals surface area contributed by atoms with Crippen LogP contribution in [-0.4, -0.2) is 37.4 Å². The minimum absolute atomic E-state index is 0.158. The summed E-state index contributed by atoms with van der Waals surface area (Å²) in [6, 6.07) is 3.40. The van der Waals surface area contributed by atoms with Gasteiger partial charge in [-0.2, -0.15) is 0 Å². The van der Waals surface area contributed by atoms with Gasteiger partial charge >= 0.3 is 5.97 Å². The van der Waals surface area contributed by atoms with Crippen molar-refractivity contribution < 1.29 is 24.1 Å². The molecule has 6 nitrogen and oxygen atoms in total. The molecule has 0 spiro atoms. The van der Waals surface area contributed by atoms with Crippen LogP contribution in [-0.2, 0) is 11.2 Å². The molecule has 2 rings (SSSR count). The maximum atomic E-state index is 11.3. The molecule has 6 heteroatoms. The van der Waals surface area contributed by atoms with Gasteiger partial charge in [0, 0.05) is 30.5 Å². The molecule has 0 fully saturated rings. The fraction of sp³-hybridized carbons (Fsp3) is 0.462. The van der Waals surface area contributed by atoms with Crippen molar-refractivity contribution in [1.29, 1.82) is 0 Å². The van der Waals surface area contributed by atoms with Crippen molar-refractivity contribution in [3.05, 3.63) is 17.7 Å². The van der Waals surface area contributed by atoms with Crippen LogP contribution in [0.5, 0.6) is 17.2 Å². The highest BCUT2D eigenvalue weighted by Gasteiger charge is 2.38. The van der Waals surface area contributed by atoms with Gasteiger partial charge in [-0.3, -0.25) is 4.79 Å². The summed E-state index contributed by atoms with van der Waals surface area (Å²) in [5.74, 6) is 0.634. The van der Waals surface area contributed by atoms with Gasteiger partial charge in [-0.05, 0) is 0 Å². The van der Waals surface area contributed by atoms with Gasteiger partial charge in [0.05, 0.1) is 20.8 Å². The fourth-order valence-electron chi connectivity index (χ4n) is 2.13. The van der Waals surface area contributed by atoms with Gasteiger partial charge in [-0.15, -0.1) is 0 Å². The van der Waals surface area contributed by atoms with Gasteiger partial charge in [-0.25, -0.2) is 0 Å². The number of carbonyl (C=O) groups is 1. The molecular weight excluding hydrogens is 250 g/mol. The zero-order valence-electron chi connectivity index (χ0n) is 10.9. The molecular formula is C13H17NO5. The summed E-state index contributed by atoms with van der Waals surface area (Å²) in [4.78, 5) is 11.3. The Morgan fingerprint density at radius 3 is 2.74 bits per heavy atom. The molecule has 19 heavy (non-hydrogen) atoms. The number of aliphatic carboxylic acids is 1. The second-order valence-corrected chi connectivity index (χ2v) is 4.54. The molecule has 0 saturated heterocycles. The summed E-state index contributed by atoms with van der Waals surface area (Å²) in [5.41, 5.74) is 5.26. The van der Waals surface area contributed by atoms with E-state index in [-0.39, 0.29) is 19.4 Å². The Morgan fingerprint density at radius 2 is 2.16 bits per heavy atom. The Bertz CT molecular complexity index is 502. The Kier molecular flexibility index (Phi) is 3.53. The average Bonchev–Trinajstić information content (AvgIpc) is 2.56. The molecule has 104 valence electrons. The van der Waals surface area contributed by atoms with E-state index in [0.717, 1.165) is 0 Å². The summed E-state index contributed by atoms with van der Waals surface area (Å²) in [5, 5.41) is 9.27. The van der Waals surface area contributed by atoms with Crippen LogP contribution in [0.3, 0.4) is 0 Å². The third kappa shape index (κ3) is 2.44. The van der Waals surface area contributed by atoms with Crippen LogP contribution in [0.25, 0.3) is 0 Å². The smallest absolute Gasteiger partial charge is 0.324 e. The van der Waals surface area contributed by atoms with E-state index >= 15 is 0 Å². The van der Waals surface area contributed by atoms with E-state index in [4.69, 9.17) is 19.9 Å². The van der Waals surface area contributed by atoms with Crippen LogP contribution in [0, 0.1) is 0 Å². The molecule has 0 aliphatic carbocycles. The molecule has 1 heterocycles. The number of fused-ring (bicyclic) bond motifs is 1. The van der Waals surface area contributed by atoms with Gasteiger partial charge in [-0.1, -0.05) is 0 Å². The van der Waals surface area contributed by atoms with Crippen molar-refractivity contribution >= 4 is 5.97 Å². The van der Waals surface area contributed by atoms with E-state index in [9.17, 15) is 9.90 Å². The lowest BCUT2D eigenvalue weighted by Crippen LogP contribution is -2.50. The number of rotatable bonds is 3. The van der Waals surface area contributed by atoms with Gasteiger partial charge in [0.25, 0.3) is 0 Å². The third-order valence-corrected chi connectivity index (χ3v) is 3.32. The fourth-order valence-corrected chi connectivity index (χ4v) is 2.13. The van der Waals surface area contributed by atoms with Crippen LogP contribution >= 0.6 is 0 Å². The Hall–Kier alpha value is -1.95. The highest BCUT2D eigenvalue weighted by atomic mass is 16.5. The second-order valence-electron chi connectivity index (χ2n) is 4.54. The van der Waals surface area contributed by atoms with E-state index < -0.39 is 11.5 Å². The van der Waals surface area contributed by atoms with Crippen LogP contribution in [0.4, 0.5) is 0 Å². The first kappa shape index (κ1) is 13.5. The minimum atomic E-state index is -1.34. The van der Waals surface area contributed by atoms with Crippen molar-refractivity contribution in [2.75, 3.05) is 20.8 Å². The van der Waals surface area contributed by atoms with Crippen molar-refractivity contribution in [2.45, 2.75) is 18.4 Å². The predicted octanol–water partition coefficient (Wildman–Crippen LogP) is 0.811. The standard InChI is InChI=1S/C13H17NO5/c1-17-8-5-10(18-2)9-7-13(14,12(15)16)3-4-19-11(9)6-8/h5-6H,3-4,7,14H2,1-2H3,(H,15,16). The van der Waals surface area contributed by atoms with Gasteiger partial charge in [0.1, 0.15) is 22.8 Å². The quantitative estimate of drug-likeness (QED) is 0.842. The van der Waals surface area contributed by atoms with Gasteiger partial charge in [0.2, 0.25) is 0 Å².